The summed E-state index contributed by atoms with van der Waals surface area (Å²) in [5.74, 6) is 0.254. The van der Waals surface area contributed by atoms with Crippen LogP contribution in [0.15, 0.2) is 17.0 Å². The van der Waals surface area contributed by atoms with Crippen LogP contribution in [0, 0.1) is 6.92 Å². The summed E-state index contributed by atoms with van der Waals surface area (Å²) in [6.45, 7) is 4.32. The lowest BCUT2D eigenvalue weighted by Gasteiger charge is -2.33. The second-order valence-electron chi connectivity index (χ2n) is 5.28. The number of hydrogen-bond acceptors (Lipinski definition) is 2. The standard InChI is InChI=1S/C14H19Cl2NO2S/c1-10-5-3-4-6-17(10)20(18,19)14-8-13(16)7-12(9-15)11(14)2/h7-8,10H,3-6,9H2,1-2H3. The van der Waals surface area contributed by atoms with Crippen LogP contribution in [0.3, 0.4) is 0 Å². The monoisotopic (exact) mass is 335 g/mol. The number of halogens is 2. The van der Waals surface area contributed by atoms with Gasteiger partial charge in [0.2, 0.25) is 10.0 Å². The fourth-order valence-electron chi connectivity index (χ4n) is 2.67. The maximum atomic E-state index is 12.9. The number of alkyl halides is 1. The molecule has 1 aromatic rings. The number of benzene rings is 1. The summed E-state index contributed by atoms with van der Waals surface area (Å²) < 4.78 is 27.3. The molecule has 0 aromatic heterocycles. The Bertz CT molecular complexity index is 601. The molecule has 1 heterocycles. The van der Waals surface area contributed by atoms with Crippen LogP contribution in [0.5, 0.6) is 0 Å². The molecular weight excluding hydrogens is 317 g/mol. The van der Waals surface area contributed by atoms with E-state index in [0.717, 1.165) is 24.8 Å². The first-order valence-electron chi connectivity index (χ1n) is 6.74. The van der Waals surface area contributed by atoms with E-state index in [1.165, 1.54) is 6.07 Å². The highest BCUT2D eigenvalue weighted by atomic mass is 35.5. The summed E-state index contributed by atoms with van der Waals surface area (Å²) in [6, 6.07) is 3.29. The van der Waals surface area contributed by atoms with Gasteiger partial charge >= 0.3 is 0 Å². The average molecular weight is 336 g/mol. The van der Waals surface area contributed by atoms with Crippen LogP contribution < -0.4 is 0 Å². The molecule has 112 valence electrons. The number of nitrogens with zero attached hydrogens (tertiary/aromatic N) is 1. The Balaban J connectivity index is 2.51. The Morgan fingerprint density at radius 2 is 2.05 bits per heavy atom. The van der Waals surface area contributed by atoms with E-state index in [1.54, 1.807) is 17.3 Å². The SMILES string of the molecule is Cc1c(CCl)cc(Cl)cc1S(=O)(=O)N1CCCCC1C. The Kier molecular flexibility index (Phi) is 5.00. The third-order valence-electron chi connectivity index (χ3n) is 3.90. The summed E-state index contributed by atoms with van der Waals surface area (Å²) in [5, 5.41) is 0.412. The van der Waals surface area contributed by atoms with Crippen molar-refractivity contribution >= 4 is 33.2 Å². The van der Waals surface area contributed by atoms with E-state index in [1.807, 2.05) is 6.92 Å². The van der Waals surface area contributed by atoms with Crippen LogP contribution in [0.1, 0.15) is 37.3 Å². The average Bonchev–Trinajstić information content (AvgIpc) is 2.41. The first-order chi connectivity index (χ1) is 9.37. The minimum Gasteiger partial charge on any atom is -0.207 e. The fraction of sp³-hybridized carbons (Fsp3) is 0.571. The molecule has 6 heteroatoms. The molecule has 0 aliphatic carbocycles. The molecule has 2 rings (SSSR count). The molecule has 0 radical (unpaired) electrons. The van der Waals surface area contributed by atoms with Gasteiger partial charge < -0.3 is 0 Å². The molecule has 1 atom stereocenters. The molecule has 1 fully saturated rings. The summed E-state index contributed by atoms with van der Waals surface area (Å²) in [6.07, 6.45) is 2.89. The largest absolute Gasteiger partial charge is 0.243 e. The smallest absolute Gasteiger partial charge is 0.207 e. The van der Waals surface area contributed by atoms with Crippen LogP contribution in [-0.2, 0) is 15.9 Å². The van der Waals surface area contributed by atoms with Crippen molar-refractivity contribution in [2.24, 2.45) is 0 Å². The zero-order valence-electron chi connectivity index (χ0n) is 11.7. The maximum absolute atomic E-state index is 12.9. The van der Waals surface area contributed by atoms with Crippen LogP contribution in [0.2, 0.25) is 5.02 Å². The molecule has 20 heavy (non-hydrogen) atoms. The van der Waals surface area contributed by atoms with Crippen molar-refractivity contribution in [3.05, 3.63) is 28.3 Å². The number of piperidine rings is 1. The third kappa shape index (κ3) is 2.98. The summed E-state index contributed by atoms with van der Waals surface area (Å²) in [5.41, 5.74) is 1.46. The Morgan fingerprint density at radius 3 is 2.65 bits per heavy atom. The van der Waals surface area contributed by atoms with Crippen molar-refractivity contribution in [2.45, 2.75) is 49.9 Å². The fourth-order valence-corrected chi connectivity index (χ4v) is 5.25. The molecule has 0 saturated carbocycles. The van der Waals surface area contributed by atoms with Crippen molar-refractivity contribution in [3.63, 3.8) is 0 Å². The Morgan fingerprint density at radius 1 is 1.35 bits per heavy atom. The van der Waals surface area contributed by atoms with E-state index in [9.17, 15) is 8.42 Å². The van der Waals surface area contributed by atoms with Crippen molar-refractivity contribution in [1.29, 1.82) is 0 Å². The number of rotatable bonds is 3. The van der Waals surface area contributed by atoms with E-state index in [-0.39, 0.29) is 16.8 Å². The van der Waals surface area contributed by atoms with Gasteiger partial charge in [0.1, 0.15) is 0 Å². The lowest BCUT2D eigenvalue weighted by Crippen LogP contribution is -2.42. The van der Waals surface area contributed by atoms with E-state index in [0.29, 0.717) is 17.1 Å². The lowest BCUT2D eigenvalue weighted by molar-refractivity contribution is 0.268. The van der Waals surface area contributed by atoms with Crippen LogP contribution in [-0.4, -0.2) is 25.3 Å². The Labute approximate surface area is 130 Å². The predicted molar refractivity (Wildman–Crippen MR) is 83.0 cm³/mol. The molecule has 0 amide bonds. The van der Waals surface area contributed by atoms with Crippen molar-refractivity contribution in [1.82, 2.24) is 4.31 Å². The van der Waals surface area contributed by atoms with Gasteiger partial charge in [0.15, 0.2) is 0 Å². The molecule has 0 N–H and O–H groups in total. The zero-order valence-corrected chi connectivity index (χ0v) is 14.0. The van der Waals surface area contributed by atoms with Gasteiger partial charge in [-0.3, -0.25) is 0 Å². The number of sulfonamides is 1. The van der Waals surface area contributed by atoms with Gasteiger partial charge in [-0.15, -0.1) is 11.6 Å². The van der Waals surface area contributed by atoms with Crippen LogP contribution in [0.25, 0.3) is 0 Å². The molecule has 1 aromatic carbocycles. The second kappa shape index (κ2) is 6.22. The predicted octanol–water partition coefficient (Wildman–Crippen LogP) is 3.95. The maximum Gasteiger partial charge on any atom is 0.243 e. The third-order valence-corrected chi connectivity index (χ3v) is 6.55. The summed E-state index contributed by atoms with van der Waals surface area (Å²) >= 11 is 11.9. The molecule has 1 saturated heterocycles. The van der Waals surface area contributed by atoms with Gasteiger partial charge in [-0.25, -0.2) is 8.42 Å². The quantitative estimate of drug-likeness (QED) is 0.784. The summed E-state index contributed by atoms with van der Waals surface area (Å²) in [7, 11) is -3.51. The van der Waals surface area contributed by atoms with Gasteiger partial charge in [-0.1, -0.05) is 18.0 Å². The molecule has 0 bridgehead atoms. The van der Waals surface area contributed by atoms with Crippen LogP contribution >= 0.6 is 23.2 Å². The first kappa shape index (κ1) is 16.1. The molecule has 1 aliphatic heterocycles. The van der Waals surface area contributed by atoms with Crippen molar-refractivity contribution in [3.8, 4) is 0 Å². The van der Waals surface area contributed by atoms with Crippen molar-refractivity contribution in [2.75, 3.05) is 6.54 Å². The summed E-state index contributed by atoms with van der Waals surface area (Å²) in [4.78, 5) is 0.286. The minimum atomic E-state index is -3.51. The molecule has 1 aliphatic rings. The van der Waals surface area contributed by atoms with Gasteiger partial charge in [-0.05, 0) is 49.9 Å². The van der Waals surface area contributed by atoms with Crippen LogP contribution in [0.4, 0.5) is 0 Å². The topological polar surface area (TPSA) is 37.4 Å². The number of hydrogen-bond donors (Lipinski definition) is 0. The van der Waals surface area contributed by atoms with Crippen molar-refractivity contribution < 1.29 is 8.42 Å². The highest BCUT2D eigenvalue weighted by molar-refractivity contribution is 7.89. The normalized spacial score (nSPS) is 21.1. The second-order valence-corrected chi connectivity index (χ2v) is 7.84. The minimum absolute atomic E-state index is 0.0339. The highest BCUT2D eigenvalue weighted by Gasteiger charge is 2.32. The molecule has 0 spiro atoms. The van der Waals surface area contributed by atoms with Gasteiger partial charge in [-0.2, -0.15) is 4.31 Å². The lowest BCUT2D eigenvalue weighted by atomic mass is 10.1. The van der Waals surface area contributed by atoms with E-state index < -0.39 is 10.0 Å². The first-order valence-corrected chi connectivity index (χ1v) is 9.10. The highest BCUT2D eigenvalue weighted by Crippen LogP contribution is 2.31. The molecule has 1 unspecified atom stereocenters. The van der Waals surface area contributed by atoms with Gasteiger partial charge in [0.25, 0.3) is 0 Å². The van der Waals surface area contributed by atoms with Gasteiger partial charge in [0.05, 0.1) is 4.90 Å². The zero-order chi connectivity index (χ0) is 14.9. The van der Waals surface area contributed by atoms with E-state index >= 15 is 0 Å². The Hall–Kier alpha value is -0.290. The van der Waals surface area contributed by atoms with E-state index in [4.69, 9.17) is 23.2 Å². The molecule has 3 nitrogen and oxygen atoms in total. The van der Waals surface area contributed by atoms with Gasteiger partial charge in [0, 0.05) is 23.5 Å². The molecular formula is C14H19Cl2NO2S. The van der Waals surface area contributed by atoms with E-state index in [2.05, 4.69) is 0 Å².